The quantitative estimate of drug-likeness (QED) is 0.333. The summed E-state index contributed by atoms with van der Waals surface area (Å²) in [6.07, 6.45) is 1.56. The highest BCUT2D eigenvalue weighted by molar-refractivity contribution is 7.93. The van der Waals surface area contributed by atoms with E-state index in [1.165, 1.54) is 13.2 Å². The summed E-state index contributed by atoms with van der Waals surface area (Å²) in [4.78, 5) is 21.4. The lowest BCUT2D eigenvalue weighted by Crippen LogP contribution is -2.48. The molecule has 0 bridgehead atoms. The third-order valence-electron chi connectivity index (χ3n) is 6.93. The number of para-hydroxylation sites is 1. The summed E-state index contributed by atoms with van der Waals surface area (Å²) < 4.78 is 39.4. The van der Waals surface area contributed by atoms with Gasteiger partial charge in [0.05, 0.1) is 25.3 Å². The lowest BCUT2D eigenvalue weighted by molar-refractivity contribution is 0.0626. The van der Waals surface area contributed by atoms with E-state index in [-0.39, 0.29) is 16.6 Å². The first kappa shape index (κ1) is 27.2. The number of hydrogen-bond donors (Lipinski definition) is 2. The number of nitrogens with one attached hydrogen (secondary N) is 1. The summed E-state index contributed by atoms with van der Waals surface area (Å²) in [6, 6.07) is 18.3. The fourth-order valence-electron chi connectivity index (χ4n) is 4.76. The van der Waals surface area contributed by atoms with E-state index in [2.05, 4.69) is 14.6 Å². The van der Waals surface area contributed by atoms with Crippen LogP contribution in [0.4, 0.5) is 5.69 Å². The molecule has 1 aliphatic rings. The molecule has 2 heterocycles. The average Bonchev–Trinajstić information content (AvgIpc) is 2.98. The van der Waals surface area contributed by atoms with Gasteiger partial charge in [-0.15, -0.1) is 0 Å². The molecule has 1 amide bonds. The van der Waals surface area contributed by atoms with Gasteiger partial charge in [-0.05, 0) is 36.4 Å². The molecule has 0 aliphatic carbocycles. The zero-order valence-corrected chi connectivity index (χ0v) is 23.0. The number of methoxy groups -OCH3 is 2. The molecule has 1 aliphatic heterocycles. The molecule has 0 atom stereocenters. The van der Waals surface area contributed by atoms with E-state index in [0.29, 0.717) is 66.6 Å². The molecule has 1 fully saturated rings. The molecule has 40 heavy (non-hydrogen) atoms. The van der Waals surface area contributed by atoms with Crippen LogP contribution in [0.1, 0.15) is 15.9 Å². The van der Waals surface area contributed by atoms with E-state index in [0.717, 1.165) is 5.39 Å². The minimum atomic E-state index is -3.88. The molecule has 0 unspecified atom stereocenters. The minimum Gasteiger partial charge on any atom is -0.507 e. The number of anilines is 1. The number of amides is 1. The number of phenolic OH excluding ortho intramolecular Hbond substituents is 1. The van der Waals surface area contributed by atoms with E-state index in [4.69, 9.17) is 9.47 Å². The molecule has 2 N–H and O–H groups in total. The lowest BCUT2D eigenvalue weighted by Gasteiger charge is -2.35. The molecule has 1 aromatic heterocycles. The van der Waals surface area contributed by atoms with Crippen molar-refractivity contribution in [3.63, 3.8) is 0 Å². The number of ether oxygens (including phenoxy) is 2. The summed E-state index contributed by atoms with van der Waals surface area (Å²) in [5.41, 5.74) is 1.88. The van der Waals surface area contributed by atoms with Crippen molar-refractivity contribution in [2.24, 2.45) is 0 Å². The van der Waals surface area contributed by atoms with Crippen LogP contribution in [0.3, 0.4) is 0 Å². The van der Waals surface area contributed by atoms with Crippen LogP contribution in [0.5, 0.6) is 17.2 Å². The van der Waals surface area contributed by atoms with Gasteiger partial charge in [0.2, 0.25) is 0 Å². The third-order valence-corrected chi connectivity index (χ3v) is 8.34. The van der Waals surface area contributed by atoms with Gasteiger partial charge in [-0.1, -0.05) is 18.2 Å². The first-order chi connectivity index (χ1) is 19.3. The van der Waals surface area contributed by atoms with Gasteiger partial charge in [0, 0.05) is 67.7 Å². The highest BCUT2D eigenvalue weighted by Gasteiger charge is 2.25. The summed E-state index contributed by atoms with van der Waals surface area (Å²) in [7, 11) is -0.810. The van der Waals surface area contributed by atoms with Crippen molar-refractivity contribution in [3.05, 3.63) is 84.1 Å². The fraction of sp³-hybridized carbons (Fsp3) is 0.241. The lowest BCUT2D eigenvalue weighted by atomic mass is 10.1. The largest absolute Gasteiger partial charge is 0.507 e. The number of carbonyl (C=O) groups is 1. The minimum absolute atomic E-state index is 0.0872. The summed E-state index contributed by atoms with van der Waals surface area (Å²) in [5, 5.41) is 11.2. The van der Waals surface area contributed by atoms with Gasteiger partial charge in [0.1, 0.15) is 22.1 Å². The first-order valence-corrected chi connectivity index (χ1v) is 14.2. The maximum Gasteiger partial charge on any atom is 0.264 e. The zero-order valence-electron chi connectivity index (χ0n) is 22.2. The number of nitrogens with zero attached hydrogens (tertiary/aromatic N) is 3. The van der Waals surface area contributed by atoms with Crippen LogP contribution in [-0.4, -0.2) is 74.6 Å². The number of phenols is 1. The Kier molecular flexibility index (Phi) is 7.76. The molecule has 1 saturated heterocycles. The van der Waals surface area contributed by atoms with E-state index >= 15 is 0 Å². The number of piperazine rings is 1. The van der Waals surface area contributed by atoms with Gasteiger partial charge >= 0.3 is 0 Å². The number of pyridine rings is 1. The smallest absolute Gasteiger partial charge is 0.264 e. The van der Waals surface area contributed by atoms with Crippen molar-refractivity contribution in [1.29, 1.82) is 0 Å². The van der Waals surface area contributed by atoms with Crippen molar-refractivity contribution in [2.45, 2.75) is 11.4 Å². The van der Waals surface area contributed by atoms with Crippen LogP contribution < -0.4 is 14.2 Å². The molecule has 0 radical (unpaired) electrons. The predicted octanol–water partition coefficient (Wildman–Crippen LogP) is 3.72. The van der Waals surface area contributed by atoms with Crippen LogP contribution in [0.25, 0.3) is 10.9 Å². The maximum absolute atomic E-state index is 13.1. The highest BCUT2D eigenvalue weighted by atomic mass is 32.2. The number of sulfonamides is 1. The summed E-state index contributed by atoms with van der Waals surface area (Å²) in [6.45, 7) is 2.75. The molecule has 3 aromatic carbocycles. The Labute approximate surface area is 232 Å². The van der Waals surface area contributed by atoms with Gasteiger partial charge in [0.15, 0.2) is 0 Å². The topological polar surface area (TPSA) is 121 Å². The predicted molar refractivity (Wildman–Crippen MR) is 151 cm³/mol. The maximum atomic E-state index is 13.1. The van der Waals surface area contributed by atoms with Gasteiger partial charge in [0.25, 0.3) is 15.9 Å². The Hall–Kier alpha value is -4.35. The molecule has 4 aromatic rings. The Morgan fingerprint density at radius 1 is 0.975 bits per heavy atom. The van der Waals surface area contributed by atoms with Gasteiger partial charge < -0.3 is 19.5 Å². The SMILES string of the molecule is COc1cc(O)c(CN2CCN(C(=O)c3ccc(NS(=O)(=O)c4cccc5cccnc45)cc3)CC2)c(OC)c1. The number of fused-ring (bicyclic) bond motifs is 1. The van der Waals surface area contributed by atoms with Gasteiger partial charge in [-0.2, -0.15) is 0 Å². The Bertz CT molecular complexity index is 1630. The summed E-state index contributed by atoms with van der Waals surface area (Å²) >= 11 is 0. The molecule has 0 saturated carbocycles. The fourth-order valence-corrected chi connectivity index (χ4v) is 6.00. The second-order valence-electron chi connectivity index (χ2n) is 9.41. The van der Waals surface area contributed by atoms with Crippen molar-refractivity contribution in [2.75, 3.05) is 45.1 Å². The monoisotopic (exact) mass is 562 g/mol. The van der Waals surface area contributed by atoms with Crippen LogP contribution in [0, 0.1) is 0 Å². The Balaban J connectivity index is 1.21. The van der Waals surface area contributed by atoms with E-state index in [1.807, 2.05) is 0 Å². The number of aromatic nitrogens is 1. The third kappa shape index (κ3) is 5.65. The Morgan fingerprint density at radius 3 is 2.40 bits per heavy atom. The second-order valence-corrected chi connectivity index (χ2v) is 11.1. The molecule has 208 valence electrons. The second kappa shape index (κ2) is 11.4. The Morgan fingerprint density at radius 2 is 1.70 bits per heavy atom. The van der Waals surface area contributed by atoms with Crippen LogP contribution in [0.15, 0.2) is 77.8 Å². The first-order valence-electron chi connectivity index (χ1n) is 12.7. The van der Waals surface area contributed by atoms with Crippen LogP contribution in [-0.2, 0) is 16.6 Å². The number of hydrogen-bond acceptors (Lipinski definition) is 8. The van der Waals surface area contributed by atoms with Crippen molar-refractivity contribution >= 4 is 32.5 Å². The normalized spacial score (nSPS) is 14.2. The molecule has 10 nitrogen and oxygen atoms in total. The summed E-state index contributed by atoms with van der Waals surface area (Å²) in [5.74, 6) is 1.03. The standard InChI is InChI=1S/C29H30N4O6S/c1-38-23-17-25(34)24(26(18-23)39-2)19-32-13-15-33(16-14-32)29(35)21-8-10-22(11-9-21)31-40(36,37)27-7-3-5-20-6-4-12-30-28(20)27/h3-12,17-18,31,34H,13-16,19H2,1-2H3. The van der Waals surface area contributed by atoms with Crippen LogP contribution in [0.2, 0.25) is 0 Å². The number of rotatable bonds is 8. The van der Waals surface area contributed by atoms with Crippen molar-refractivity contribution in [1.82, 2.24) is 14.8 Å². The molecule has 11 heteroatoms. The molecule has 5 rings (SSSR count). The van der Waals surface area contributed by atoms with E-state index < -0.39 is 10.0 Å². The van der Waals surface area contributed by atoms with Crippen molar-refractivity contribution in [3.8, 4) is 17.2 Å². The van der Waals surface area contributed by atoms with E-state index in [1.54, 1.807) is 78.9 Å². The van der Waals surface area contributed by atoms with Gasteiger partial charge in [-0.3, -0.25) is 19.4 Å². The molecular formula is C29H30N4O6S. The molecule has 0 spiro atoms. The molecular weight excluding hydrogens is 532 g/mol. The number of carbonyl (C=O) groups excluding carboxylic acids is 1. The van der Waals surface area contributed by atoms with Crippen molar-refractivity contribution < 1.29 is 27.8 Å². The highest BCUT2D eigenvalue weighted by Crippen LogP contribution is 2.34. The van der Waals surface area contributed by atoms with Gasteiger partial charge in [-0.25, -0.2) is 8.42 Å². The van der Waals surface area contributed by atoms with E-state index in [9.17, 15) is 18.3 Å². The van der Waals surface area contributed by atoms with Crippen LogP contribution >= 0.6 is 0 Å². The zero-order chi connectivity index (χ0) is 28.3. The number of benzene rings is 3. The number of aromatic hydroxyl groups is 1. The average molecular weight is 563 g/mol.